The van der Waals surface area contributed by atoms with E-state index in [1.165, 1.54) is 44.9 Å². The molecule has 0 spiro atoms. The third-order valence-corrected chi connectivity index (χ3v) is 5.57. The molecule has 0 radical (unpaired) electrons. The third kappa shape index (κ3) is 3.20. The zero-order chi connectivity index (χ0) is 13.2. The van der Waals surface area contributed by atoms with Gasteiger partial charge in [0.25, 0.3) is 0 Å². The molecule has 1 aromatic carbocycles. The van der Waals surface area contributed by atoms with Crippen molar-refractivity contribution in [3.05, 3.63) is 28.2 Å². The zero-order valence-electron chi connectivity index (χ0n) is 11.2. The summed E-state index contributed by atoms with van der Waals surface area (Å²) in [5.74, 6) is 1.95. The van der Waals surface area contributed by atoms with Crippen molar-refractivity contribution < 1.29 is 0 Å². The summed E-state index contributed by atoms with van der Waals surface area (Å²) in [5, 5.41) is 4.90. The van der Waals surface area contributed by atoms with Crippen LogP contribution in [0.15, 0.2) is 18.2 Å². The van der Waals surface area contributed by atoms with E-state index in [-0.39, 0.29) is 0 Å². The lowest BCUT2D eigenvalue weighted by Gasteiger charge is -2.39. The fourth-order valence-corrected chi connectivity index (χ4v) is 4.12. The highest BCUT2D eigenvalue weighted by Crippen LogP contribution is 2.41. The van der Waals surface area contributed by atoms with Crippen LogP contribution in [0, 0.1) is 11.8 Å². The van der Waals surface area contributed by atoms with E-state index in [0.29, 0.717) is 16.1 Å². The van der Waals surface area contributed by atoms with Gasteiger partial charge >= 0.3 is 0 Å². The molecule has 2 saturated carbocycles. The topological polar surface area (TPSA) is 12.0 Å². The predicted octanol–water partition coefficient (Wildman–Crippen LogP) is 5.76. The molecule has 3 unspecified atom stereocenters. The Kier molecular flexibility index (Phi) is 4.24. The molecule has 1 aromatic rings. The summed E-state index contributed by atoms with van der Waals surface area (Å²) in [4.78, 5) is 0. The Morgan fingerprint density at radius 2 is 1.68 bits per heavy atom. The van der Waals surface area contributed by atoms with E-state index in [1.54, 1.807) is 0 Å². The summed E-state index contributed by atoms with van der Waals surface area (Å²) < 4.78 is 0. The predicted molar refractivity (Wildman–Crippen MR) is 83.2 cm³/mol. The number of hydrogen-bond acceptors (Lipinski definition) is 1. The zero-order valence-corrected chi connectivity index (χ0v) is 12.7. The van der Waals surface area contributed by atoms with Crippen molar-refractivity contribution in [1.29, 1.82) is 0 Å². The quantitative estimate of drug-likeness (QED) is 0.731. The molecule has 1 nitrogen and oxygen atoms in total. The minimum Gasteiger partial charge on any atom is -0.382 e. The molecule has 0 aliphatic heterocycles. The van der Waals surface area contributed by atoms with Gasteiger partial charge in [0.15, 0.2) is 0 Å². The lowest BCUT2D eigenvalue weighted by Crippen LogP contribution is -2.34. The van der Waals surface area contributed by atoms with Crippen LogP contribution >= 0.6 is 23.2 Å². The molecule has 2 aliphatic rings. The van der Waals surface area contributed by atoms with E-state index in [0.717, 1.165) is 17.5 Å². The van der Waals surface area contributed by atoms with Crippen LogP contribution in [0.5, 0.6) is 0 Å². The fourth-order valence-electron chi connectivity index (χ4n) is 3.83. The first-order chi connectivity index (χ1) is 9.22. The van der Waals surface area contributed by atoms with Gasteiger partial charge in [0.1, 0.15) is 0 Å². The van der Waals surface area contributed by atoms with E-state index in [1.807, 2.05) is 18.2 Å². The average Bonchev–Trinajstić information content (AvgIpc) is 2.43. The summed E-state index contributed by atoms with van der Waals surface area (Å²) in [6.07, 6.45) is 9.79. The molecule has 2 fully saturated rings. The Balaban J connectivity index is 1.62. The Bertz CT molecular complexity index is 446. The molecule has 1 N–H and O–H groups in total. The Labute approximate surface area is 125 Å². The van der Waals surface area contributed by atoms with Gasteiger partial charge in [-0.1, -0.05) is 48.9 Å². The van der Waals surface area contributed by atoms with Crippen molar-refractivity contribution in [3.63, 3.8) is 0 Å². The SMILES string of the molecule is Clc1ccc(NC2CCC3CCCCC3C2)cc1Cl. The molecule has 3 rings (SSSR count). The molecule has 0 bridgehead atoms. The largest absolute Gasteiger partial charge is 0.382 e. The van der Waals surface area contributed by atoms with Crippen molar-refractivity contribution in [2.45, 2.75) is 51.0 Å². The highest BCUT2D eigenvalue weighted by molar-refractivity contribution is 6.42. The van der Waals surface area contributed by atoms with Gasteiger partial charge in [0.05, 0.1) is 10.0 Å². The Morgan fingerprint density at radius 3 is 2.47 bits per heavy atom. The smallest absolute Gasteiger partial charge is 0.0612 e. The number of fused-ring (bicyclic) bond motifs is 1. The standard InChI is InChI=1S/C16H21Cl2N/c17-15-8-7-14(10-16(15)18)19-13-6-5-11-3-1-2-4-12(11)9-13/h7-8,10-13,19H,1-6,9H2. The Morgan fingerprint density at radius 1 is 0.895 bits per heavy atom. The van der Waals surface area contributed by atoms with Crippen molar-refractivity contribution in [3.8, 4) is 0 Å². The average molecular weight is 298 g/mol. The van der Waals surface area contributed by atoms with Crippen LogP contribution < -0.4 is 5.32 Å². The van der Waals surface area contributed by atoms with Gasteiger partial charge in [-0.3, -0.25) is 0 Å². The second-order valence-corrected chi connectivity index (χ2v) is 6.90. The Hall–Kier alpha value is -0.400. The van der Waals surface area contributed by atoms with Gasteiger partial charge in [0.2, 0.25) is 0 Å². The first-order valence-corrected chi connectivity index (χ1v) is 8.19. The second-order valence-electron chi connectivity index (χ2n) is 6.09. The van der Waals surface area contributed by atoms with E-state index in [2.05, 4.69) is 5.32 Å². The number of rotatable bonds is 2. The maximum absolute atomic E-state index is 6.07. The molecule has 3 heteroatoms. The van der Waals surface area contributed by atoms with E-state index < -0.39 is 0 Å². The van der Waals surface area contributed by atoms with Gasteiger partial charge in [0, 0.05) is 11.7 Å². The van der Waals surface area contributed by atoms with Gasteiger partial charge in [-0.25, -0.2) is 0 Å². The molecule has 19 heavy (non-hydrogen) atoms. The number of hydrogen-bond donors (Lipinski definition) is 1. The lowest BCUT2D eigenvalue weighted by molar-refractivity contribution is 0.162. The van der Waals surface area contributed by atoms with E-state index in [4.69, 9.17) is 23.2 Å². The molecule has 0 amide bonds. The molecule has 0 aromatic heterocycles. The summed E-state index contributed by atoms with van der Waals surface area (Å²) in [5.41, 5.74) is 1.11. The summed E-state index contributed by atoms with van der Waals surface area (Å²) >= 11 is 12.0. The second kappa shape index (κ2) is 5.93. The maximum Gasteiger partial charge on any atom is 0.0612 e. The van der Waals surface area contributed by atoms with Gasteiger partial charge in [-0.2, -0.15) is 0 Å². The van der Waals surface area contributed by atoms with Crippen molar-refractivity contribution in [2.24, 2.45) is 11.8 Å². The van der Waals surface area contributed by atoms with Gasteiger partial charge in [-0.15, -0.1) is 0 Å². The van der Waals surface area contributed by atoms with E-state index in [9.17, 15) is 0 Å². The summed E-state index contributed by atoms with van der Waals surface area (Å²) in [7, 11) is 0. The number of halogens is 2. The minimum atomic E-state index is 0.608. The van der Waals surface area contributed by atoms with Crippen molar-refractivity contribution >= 4 is 28.9 Å². The molecular formula is C16H21Cl2N. The highest BCUT2D eigenvalue weighted by atomic mass is 35.5. The maximum atomic E-state index is 6.07. The van der Waals surface area contributed by atoms with Crippen molar-refractivity contribution in [2.75, 3.05) is 5.32 Å². The van der Waals surface area contributed by atoms with Crippen LogP contribution in [0.25, 0.3) is 0 Å². The monoisotopic (exact) mass is 297 g/mol. The first-order valence-electron chi connectivity index (χ1n) is 7.44. The molecule has 0 heterocycles. The molecule has 3 atom stereocenters. The molecular weight excluding hydrogens is 277 g/mol. The van der Waals surface area contributed by atoms with Crippen LogP contribution in [0.3, 0.4) is 0 Å². The van der Waals surface area contributed by atoms with Crippen LogP contribution in [-0.2, 0) is 0 Å². The van der Waals surface area contributed by atoms with Gasteiger partial charge < -0.3 is 5.32 Å². The molecule has 104 valence electrons. The van der Waals surface area contributed by atoms with E-state index >= 15 is 0 Å². The minimum absolute atomic E-state index is 0.608. The molecule has 2 aliphatic carbocycles. The highest BCUT2D eigenvalue weighted by Gasteiger charge is 2.31. The number of anilines is 1. The molecule has 0 saturated heterocycles. The van der Waals surface area contributed by atoms with Crippen LogP contribution in [0.2, 0.25) is 10.0 Å². The van der Waals surface area contributed by atoms with Gasteiger partial charge in [-0.05, 0) is 49.3 Å². The van der Waals surface area contributed by atoms with Crippen LogP contribution in [0.1, 0.15) is 44.9 Å². The number of benzene rings is 1. The fraction of sp³-hybridized carbons (Fsp3) is 0.625. The first kappa shape index (κ1) is 13.6. The van der Waals surface area contributed by atoms with Crippen LogP contribution in [0.4, 0.5) is 5.69 Å². The van der Waals surface area contributed by atoms with Crippen LogP contribution in [-0.4, -0.2) is 6.04 Å². The third-order valence-electron chi connectivity index (χ3n) is 4.83. The van der Waals surface area contributed by atoms with Crippen molar-refractivity contribution in [1.82, 2.24) is 0 Å². The lowest BCUT2D eigenvalue weighted by atomic mass is 9.69. The summed E-state index contributed by atoms with van der Waals surface area (Å²) in [6, 6.07) is 6.45. The normalized spacial score (nSPS) is 30.7. The number of nitrogens with one attached hydrogen (secondary N) is 1. The summed E-state index contributed by atoms with van der Waals surface area (Å²) in [6.45, 7) is 0.